The van der Waals surface area contributed by atoms with Crippen molar-refractivity contribution in [3.63, 3.8) is 0 Å². The number of fused-ring (bicyclic) bond motifs is 3. The lowest BCUT2D eigenvalue weighted by molar-refractivity contribution is 0.926. The summed E-state index contributed by atoms with van der Waals surface area (Å²) in [4.78, 5) is 8.69. The second-order valence-corrected chi connectivity index (χ2v) is 5.18. The van der Waals surface area contributed by atoms with Crippen molar-refractivity contribution in [3.05, 3.63) is 47.3 Å². The minimum atomic E-state index is 0.226. The summed E-state index contributed by atoms with van der Waals surface area (Å²) in [5.41, 5.74) is 11.3. The van der Waals surface area contributed by atoms with Crippen LogP contribution in [0.2, 0.25) is 0 Å². The van der Waals surface area contributed by atoms with Crippen molar-refractivity contribution >= 4 is 5.82 Å². The molecule has 0 radical (unpaired) electrons. The van der Waals surface area contributed by atoms with E-state index < -0.39 is 0 Å². The molecule has 106 valence electrons. The van der Waals surface area contributed by atoms with Gasteiger partial charge in [0.2, 0.25) is 0 Å². The second-order valence-electron chi connectivity index (χ2n) is 5.18. The summed E-state index contributed by atoms with van der Waals surface area (Å²) in [5.74, 6) is 0.783. The lowest BCUT2D eigenvalue weighted by Crippen LogP contribution is -2.11. The van der Waals surface area contributed by atoms with Crippen LogP contribution in [0.25, 0.3) is 22.6 Å². The van der Waals surface area contributed by atoms with E-state index in [2.05, 4.69) is 32.3 Å². The van der Waals surface area contributed by atoms with Gasteiger partial charge in [-0.25, -0.2) is 9.97 Å². The number of nitrogens with zero attached hydrogens (tertiary/aromatic N) is 4. The fraction of sp³-hybridized carbons (Fsp3) is 0.125. The van der Waals surface area contributed by atoms with Crippen molar-refractivity contribution < 1.29 is 0 Å². The number of hydrogen-bond donors (Lipinski definition) is 2. The normalized spacial score (nSPS) is 12.3. The molecular formula is C16H12N6. The molecule has 0 fully saturated rings. The van der Waals surface area contributed by atoms with Crippen LogP contribution in [0.1, 0.15) is 16.7 Å². The largest absolute Gasteiger partial charge is 0.383 e. The van der Waals surface area contributed by atoms with Gasteiger partial charge in [-0.1, -0.05) is 24.3 Å². The molecule has 4 rings (SSSR count). The smallest absolute Gasteiger partial charge is 0.157 e. The third-order valence-corrected chi connectivity index (χ3v) is 4.01. The van der Waals surface area contributed by atoms with Crippen LogP contribution < -0.4 is 5.73 Å². The maximum atomic E-state index is 9.46. The van der Waals surface area contributed by atoms with E-state index in [9.17, 15) is 5.26 Å². The van der Waals surface area contributed by atoms with Gasteiger partial charge in [0.15, 0.2) is 5.82 Å². The van der Waals surface area contributed by atoms with Crippen LogP contribution >= 0.6 is 0 Å². The van der Waals surface area contributed by atoms with Gasteiger partial charge in [0.1, 0.15) is 23.8 Å². The van der Waals surface area contributed by atoms with E-state index in [1.807, 2.05) is 18.2 Å². The number of aryl methyl sites for hydroxylation is 1. The molecule has 0 bridgehead atoms. The third kappa shape index (κ3) is 1.69. The van der Waals surface area contributed by atoms with Gasteiger partial charge in [0, 0.05) is 11.1 Å². The average Bonchev–Trinajstić information content (AvgIpc) is 3.07. The summed E-state index contributed by atoms with van der Waals surface area (Å²) >= 11 is 0. The zero-order valence-corrected chi connectivity index (χ0v) is 11.7. The van der Waals surface area contributed by atoms with E-state index in [4.69, 9.17) is 5.73 Å². The van der Waals surface area contributed by atoms with Gasteiger partial charge >= 0.3 is 0 Å². The van der Waals surface area contributed by atoms with Gasteiger partial charge in [-0.2, -0.15) is 10.4 Å². The van der Waals surface area contributed by atoms with Crippen molar-refractivity contribution in [2.45, 2.75) is 12.8 Å². The van der Waals surface area contributed by atoms with E-state index in [1.54, 1.807) is 0 Å². The van der Waals surface area contributed by atoms with E-state index >= 15 is 0 Å². The van der Waals surface area contributed by atoms with Crippen molar-refractivity contribution in [2.75, 3.05) is 5.73 Å². The predicted molar refractivity (Wildman–Crippen MR) is 81.6 cm³/mol. The van der Waals surface area contributed by atoms with Crippen LogP contribution in [0.3, 0.4) is 0 Å². The molecule has 0 amide bonds. The van der Waals surface area contributed by atoms with Gasteiger partial charge < -0.3 is 5.73 Å². The first-order valence-corrected chi connectivity index (χ1v) is 6.96. The number of nitrogens with one attached hydrogen (secondary N) is 1. The first kappa shape index (κ1) is 12.5. The average molecular weight is 288 g/mol. The number of aromatic amines is 1. The fourth-order valence-electron chi connectivity index (χ4n) is 3.04. The number of anilines is 1. The summed E-state index contributed by atoms with van der Waals surface area (Å²) in [6, 6.07) is 10.3. The predicted octanol–water partition coefficient (Wildman–Crippen LogP) is 2.09. The first-order chi connectivity index (χ1) is 10.8. The minimum Gasteiger partial charge on any atom is -0.383 e. The number of benzene rings is 1. The van der Waals surface area contributed by atoms with Gasteiger partial charge in [-0.05, 0) is 24.0 Å². The SMILES string of the molecule is N#Cc1c(N)nc2c(c1-c1ncn[nH]1)CCc1ccccc1-2. The van der Waals surface area contributed by atoms with Crippen molar-refractivity contribution in [1.29, 1.82) is 5.26 Å². The van der Waals surface area contributed by atoms with Crippen molar-refractivity contribution in [2.24, 2.45) is 0 Å². The van der Waals surface area contributed by atoms with Gasteiger partial charge in [-0.15, -0.1) is 0 Å². The summed E-state index contributed by atoms with van der Waals surface area (Å²) in [6.45, 7) is 0. The fourth-order valence-corrected chi connectivity index (χ4v) is 3.04. The molecule has 0 saturated carbocycles. The van der Waals surface area contributed by atoms with Gasteiger partial charge in [0.25, 0.3) is 0 Å². The molecule has 0 atom stereocenters. The van der Waals surface area contributed by atoms with Crippen LogP contribution in [0, 0.1) is 11.3 Å². The standard InChI is InChI=1S/C16H12N6/c17-7-12-13(16-19-8-20-22-16)11-6-5-9-3-1-2-4-10(9)14(11)21-15(12)18/h1-4,8H,5-6H2,(H2,18,21)(H,19,20,22). The van der Waals surface area contributed by atoms with E-state index in [0.717, 1.165) is 35.2 Å². The molecule has 2 aromatic heterocycles. The highest BCUT2D eigenvalue weighted by atomic mass is 15.2. The van der Waals surface area contributed by atoms with Crippen LogP contribution in [0.4, 0.5) is 5.82 Å². The zero-order chi connectivity index (χ0) is 15.1. The topological polar surface area (TPSA) is 104 Å². The Morgan fingerprint density at radius 2 is 2.09 bits per heavy atom. The highest BCUT2D eigenvalue weighted by Gasteiger charge is 2.26. The Morgan fingerprint density at radius 1 is 1.23 bits per heavy atom. The third-order valence-electron chi connectivity index (χ3n) is 4.01. The van der Waals surface area contributed by atoms with Gasteiger partial charge in [-0.3, -0.25) is 5.10 Å². The summed E-state index contributed by atoms with van der Waals surface area (Å²) in [6.07, 6.45) is 3.13. The van der Waals surface area contributed by atoms with E-state index in [1.165, 1.54) is 11.9 Å². The quantitative estimate of drug-likeness (QED) is 0.713. The van der Waals surface area contributed by atoms with E-state index in [-0.39, 0.29) is 5.82 Å². The van der Waals surface area contributed by atoms with Crippen molar-refractivity contribution in [3.8, 4) is 28.7 Å². The molecule has 6 nitrogen and oxygen atoms in total. The Balaban J connectivity index is 2.09. The summed E-state index contributed by atoms with van der Waals surface area (Å²) in [7, 11) is 0. The van der Waals surface area contributed by atoms with Crippen molar-refractivity contribution in [1.82, 2.24) is 20.2 Å². The molecule has 2 heterocycles. The van der Waals surface area contributed by atoms with Gasteiger partial charge in [0.05, 0.1) is 5.69 Å². The highest BCUT2D eigenvalue weighted by molar-refractivity contribution is 5.83. The molecule has 0 spiro atoms. The molecule has 1 aliphatic rings. The Kier molecular flexibility index (Phi) is 2.66. The maximum absolute atomic E-state index is 9.46. The molecule has 0 saturated heterocycles. The summed E-state index contributed by atoms with van der Waals surface area (Å²) < 4.78 is 0. The molecule has 1 aliphatic carbocycles. The van der Waals surface area contributed by atoms with E-state index in [0.29, 0.717) is 11.4 Å². The number of nitrogens with two attached hydrogens (primary N) is 1. The number of H-pyrrole nitrogens is 1. The number of pyridine rings is 1. The second kappa shape index (κ2) is 4.67. The molecule has 22 heavy (non-hydrogen) atoms. The highest BCUT2D eigenvalue weighted by Crippen LogP contribution is 2.39. The lowest BCUT2D eigenvalue weighted by Gasteiger charge is -2.22. The molecule has 0 aliphatic heterocycles. The van der Waals surface area contributed by atoms with Crippen LogP contribution in [0.5, 0.6) is 0 Å². The number of nitriles is 1. The number of nitrogen functional groups attached to an aromatic ring is 1. The Labute approximate surface area is 126 Å². The van der Waals surface area contributed by atoms with Crippen LogP contribution in [-0.2, 0) is 12.8 Å². The van der Waals surface area contributed by atoms with Crippen LogP contribution in [0.15, 0.2) is 30.6 Å². The zero-order valence-electron chi connectivity index (χ0n) is 11.7. The number of hydrogen-bond acceptors (Lipinski definition) is 5. The Bertz CT molecular complexity index is 905. The maximum Gasteiger partial charge on any atom is 0.157 e. The molecule has 0 unspecified atom stereocenters. The Hall–Kier alpha value is -3.20. The Morgan fingerprint density at radius 3 is 2.86 bits per heavy atom. The molecule has 6 heteroatoms. The molecule has 3 N–H and O–H groups in total. The monoisotopic (exact) mass is 288 g/mol. The first-order valence-electron chi connectivity index (χ1n) is 6.96. The molecule has 3 aromatic rings. The number of rotatable bonds is 1. The molecular weight excluding hydrogens is 276 g/mol. The number of aromatic nitrogens is 4. The lowest BCUT2D eigenvalue weighted by atomic mass is 9.85. The van der Waals surface area contributed by atoms with Crippen LogP contribution in [-0.4, -0.2) is 20.2 Å². The molecule has 1 aromatic carbocycles. The summed E-state index contributed by atoms with van der Waals surface area (Å²) in [5, 5.41) is 16.2. The minimum absolute atomic E-state index is 0.226.